The first kappa shape index (κ1) is 28.1. The highest BCUT2D eigenvalue weighted by molar-refractivity contribution is 8.00. The molecule has 10 nitrogen and oxygen atoms in total. The summed E-state index contributed by atoms with van der Waals surface area (Å²) in [6, 6.07) is 13.4. The van der Waals surface area contributed by atoms with E-state index in [1.807, 2.05) is 47.4 Å². The number of imidazole rings is 1. The fraction of sp³-hybridized carbons (Fsp3) is 0.300. The van der Waals surface area contributed by atoms with Crippen molar-refractivity contribution in [2.45, 2.75) is 41.6 Å². The number of H-pyrrole nitrogens is 1. The van der Waals surface area contributed by atoms with Crippen LogP contribution in [0.1, 0.15) is 19.3 Å². The van der Waals surface area contributed by atoms with E-state index in [0.717, 1.165) is 28.5 Å². The summed E-state index contributed by atoms with van der Waals surface area (Å²) in [7, 11) is 0. The number of β-lactam (4-membered cyclic amide) rings is 1. The van der Waals surface area contributed by atoms with E-state index in [0.29, 0.717) is 35.9 Å². The van der Waals surface area contributed by atoms with Gasteiger partial charge in [-0.2, -0.15) is 0 Å². The van der Waals surface area contributed by atoms with Gasteiger partial charge in [0.1, 0.15) is 17.1 Å². The molecule has 0 radical (unpaired) electrons. The molecule has 2 saturated heterocycles. The summed E-state index contributed by atoms with van der Waals surface area (Å²) in [5.74, 6) is -1.45. The Bertz CT molecular complexity index is 1580. The molecule has 0 bridgehead atoms. The number of hydrogen-bond acceptors (Lipinski definition) is 7. The van der Waals surface area contributed by atoms with E-state index in [-0.39, 0.29) is 23.3 Å². The Labute approximate surface area is 250 Å². The monoisotopic (exact) mass is 603 g/mol. The molecule has 3 amide bonds. The lowest BCUT2D eigenvalue weighted by atomic mass is 10.0. The van der Waals surface area contributed by atoms with Gasteiger partial charge in [-0.1, -0.05) is 36.4 Å². The Morgan fingerprint density at radius 1 is 1.17 bits per heavy atom. The van der Waals surface area contributed by atoms with Crippen LogP contribution in [0.4, 0.5) is 0 Å². The molecule has 4 heterocycles. The Balaban J connectivity index is 0.000000573. The molecule has 12 heteroatoms. The Morgan fingerprint density at radius 2 is 1.98 bits per heavy atom. The van der Waals surface area contributed by atoms with E-state index in [4.69, 9.17) is 0 Å². The summed E-state index contributed by atoms with van der Waals surface area (Å²) in [6.07, 6.45) is 9.38. The van der Waals surface area contributed by atoms with Crippen LogP contribution in [0.3, 0.4) is 0 Å². The normalized spacial score (nSPS) is 22.5. The molecule has 3 N–H and O–H groups in total. The van der Waals surface area contributed by atoms with Crippen LogP contribution in [-0.2, 0) is 19.2 Å². The highest BCUT2D eigenvalue weighted by Crippen LogP contribution is 2.42. The van der Waals surface area contributed by atoms with Crippen molar-refractivity contribution in [2.75, 3.05) is 18.1 Å². The van der Waals surface area contributed by atoms with E-state index >= 15 is 0 Å². The fourth-order valence-corrected chi connectivity index (χ4v) is 7.55. The quantitative estimate of drug-likeness (QED) is 0.213. The molecule has 4 aliphatic rings. The predicted octanol–water partition coefficient (Wildman–Crippen LogP) is 3.40. The summed E-state index contributed by atoms with van der Waals surface area (Å²) in [5, 5.41) is 14.4. The van der Waals surface area contributed by atoms with Gasteiger partial charge in [-0.3, -0.25) is 19.3 Å². The molecule has 42 heavy (non-hydrogen) atoms. The molecule has 2 atom stereocenters. The number of nitrogens with one attached hydrogen (secondary N) is 2. The Morgan fingerprint density at radius 3 is 2.69 bits per heavy atom. The summed E-state index contributed by atoms with van der Waals surface area (Å²) in [5.41, 5.74) is 0.983. The van der Waals surface area contributed by atoms with Crippen LogP contribution in [0.15, 0.2) is 89.0 Å². The van der Waals surface area contributed by atoms with Crippen molar-refractivity contribution in [3.63, 3.8) is 0 Å². The number of carbonyl (C=O) groups excluding carboxylic acids is 3. The molecule has 1 aromatic heterocycles. The van der Waals surface area contributed by atoms with Gasteiger partial charge in [-0.25, -0.2) is 9.78 Å². The van der Waals surface area contributed by atoms with Crippen molar-refractivity contribution in [3.8, 4) is 0 Å². The molecule has 3 aliphatic heterocycles. The van der Waals surface area contributed by atoms with E-state index in [9.17, 15) is 24.3 Å². The molecule has 3 fully saturated rings. The average molecular weight is 604 g/mol. The number of aromatic amines is 1. The molecule has 2 aromatic carbocycles. The number of benzene rings is 2. The van der Waals surface area contributed by atoms with Crippen LogP contribution in [0, 0.1) is 0 Å². The second-order valence-corrected chi connectivity index (χ2v) is 12.4. The van der Waals surface area contributed by atoms with Crippen LogP contribution >= 0.6 is 23.5 Å². The number of fused-ring (bicyclic) bond motifs is 2. The van der Waals surface area contributed by atoms with E-state index in [1.165, 1.54) is 28.4 Å². The number of likely N-dealkylation sites (tertiary alicyclic amines) is 1. The zero-order valence-electron chi connectivity index (χ0n) is 22.6. The molecule has 0 unspecified atom stereocenters. The predicted molar refractivity (Wildman–Crippen MR) is 160 cm³/mol. The van der Waals surface area contributed by atoms with Crippen molar-refractivity contribution < 1.29 is 24.3 Å². The van der Waals surface area contributed by atoms with Crippen LogP contribution in [0.2, 0.25) is 0 Å². The topological polar surface area (TPSA) is 136 Å². The number of nitrogens with zero attached hydrogens (tertiary/aromatic N) is 3. The number of rotatable bonds is 7. The molecule has 1 aliphatic carbocycles. The van der Waals surface area contributed by atoms with Gasteiger partial charge in [0.2, 0.25) is 11.8 Å². The highest BCUT2D eigenvalue weighted by Gasteiger charge is 2.54. The zero-order valence-corrected chi connectivity index (χ0v) is 24.2. The molecular formula is C30H29N5O5S2. The van der Waals surface area contributed by atoms with Gasteiger partial charge < -0.3 is 20.3 Å². The van der Waals surface area contributed by atoms with Gasteiger partial charge in [-0.15, -0.1) is 23.5 Å². The number of carboxylic acids is 1. The number of carbonyl (C=O) groups is 4. The second kappa shape index (κ2) is 12.1. The Hall–Kier alpha value is -4.03. The third-order valence-electron chi connectivity index (χ3n) is 7.52. The number of amides is 3. The number of aliphatic carboxylic acids is 1. The van der Waals surface area contributed by atoms with E-state index in [1.54, 1.807) is 24.8 Å². The van der Waals surface area contributed by atoms with Crippen molar-refractivity contribution >= 4 is 58.0 Å². The molecule has 3 aromatic rings. The lowest BCUT2D eigenvalue weighted by Crippen LogP contribution is -2.70. The van der Waals surface area contributed by atoms with Crippen molar-refractivity contribution in [3.05, 3.63) is 84.1 Å². The van der Waals surface area contributed by atoms with Crippen molar-refractivity contribution in [1.82, 2.24) is 25.1 Å². The van der Waals surface area contributed by atoms with Gasteiger partial charge in [0, 0.05) is 41.2 Å². The van der Waals surface area contributed by atoms with Gasteiger partial charge in [-0.05, 0) is 47.8 Å². The minimum atomic E-state index is -1.20. The summed E-state index contributed by atoms with van der Waals surface area (Å²) in [4.78, 5) is 61.1. The molecule has 216 valence electrons. The number of hydrogen-bond donors (Lipinski definition) is 3. The zero-order chi connectivity index (χ0) is 29.2. The summed E-state index contributed by atoms with van der Waals surface area (Å²) in [6.45, 7) is 0.661. The highest BCUT2D eigenvalue weighted by atomic mass is 32.2. The van der Waals surface area contributed by atoms with Crippen molar-refractivity contribution in [1.29, 1.82) is 0 Å². The average Bonchev–Trinajstić information content (AvgIpc) is 3.49. The maximum absolute atomic E-state index is 13.0. The van der Waals surface area contributed by atoms with Gasteiger partial charge >= 0.3 is 5.97 Å². The van der Waals surface area contributed by atoms with E-state index < -0.39 is 23.3 Å². The van der Waals surface area contributed by atoms with Gasteiger partial charge in [0.15, 0.2) is 0 Å². The van der Waals surface area contributed by atoms with Crippen LogP contribution < -0.4 is 5.32 Å². The lowest BCUT2D eigenvalue weighted by Gasteiger charge is -2.49. The van der Waals surface area contributed by atoms with Crippen LogP contribution in [-0.4, -0.2) is 84.1 Å². The van der Waals surface area contributed by atoms with Gasteiger partial charge in [0.25, 0.3) is 5.91 Å². The number of allylic oxidation sites excluding steroid dienone is 1. The fourth-order valence-electron chi connectivity index (χ4n) is 5.36. The molecule has 1 saturated carbocycles. The second-order valence-electron chi connectivity index (χ2n) is 10.3. The smallest absolute Gasteiger partial charge is 0.352 e. The SMILES string of the molecule is O=C(CSc1cccc2ccccc12)N[C@@H]1C(=O)N2C(C(=O)O)=C(C=C3CCN(C4CC4)C3=O)CS[C@H]12.c1c[nH]cn1. The van der Waals surface area contributed by atoms with Crippen LogP contribution in [0.25, 0.3) is 10.8 Å². The first-order valence-corrected chi connectivity index (χ1v) is 15.7. The standard InChI is InChI=1S/C27H25N3O5S2.C3H4N2/c31-21(14-36-20-7-3-5-15-4-1-2-6-19(15)20)28-22-25(33)30-23(27(34)35)17(13-37-26(22)30)12-16-10-11-29(24(16)32)18-8-9-18;1-2-5-3-4-1/h1-7,12,18,22,26H,8-11,13-14H2,(H,28,31)(H,34,35);1-3H,(H,4,5)/t22-,26-;/m1./s1. The van der Waals surface area contributed by atoms with Crippen LogP contribution in [0.5, 0.6) is 0 Å². The molecule has 0 spiro atoms. The number of carboxylic acid groups (broad SMARTS) is 1. The number of aromatic nitrogens is 2. The minimum Gasteiger partial charge on any atom is -0.477 e. The summed E-state index contributed by atoms with van der Waals surface area (Å²) >= 11 is 2.81. The van der Waals surface area contributed by atoms with Crippen molar-refractivity contribution in [2.24, 2.45) is 0 Å². The number of thioether (sulfide) groups is 2. The molecular weight excluding hydrogens is 574 g/mol. The van der Waals surface area contributed by atoms with Gasteiger partial charge in [0.05, 0.1) is 12.1 Å². The maximum Gasteiger partial charge on any atom is 0.352 e. The minimum absolute atomic E-state index is 0.0318. The first-order valence-electron chi connectivity index (χ1n) is 13.7. The largest absolute Gasteiger partial charge is 0.477 e. The Kier molecular flexibility index (Phi) is 8.07. The summed E-state index contributed by atoms with van der Waals surface area (Å²) < 4.78 is 0. The lowest BCUT2D eigenvalue weighted by molar-refractivity contribution is -0.150. The first-order chi connectivity index (χ1) is 20.4. The maximum atomic E-state index is 13.0. The molecule has 7 rings (SSSR count). The third-order valence-corrected chi connectivity index (χ3v) is 9.90. The third kappa shape index (κ3) is 5.68. The van der Waals surface area contributed by atoms with E-state index in [2.05, 4.69) is 15.3 Å².